The third kappa shape index (κ3) is 4.04. The van der Waals surface area contributed by atoms with Gasteiger partial charge in [-0.15, -0.1) is 0 Å². The van der Waals surface area contributed by atoms with Crippen LogP contribution in [0.5, 0.6) is 5.75 Å². The van der Waals surface area contributed by atoms with Crippen molar-refractivity contribution in [3.05, 3.63) is 86.9 Å². The molecule has 0 amide bonds. The molecule has 0 saturated carbocycles. The molecule has 7 nitrogen and oxygen atoms in total. The van der Waals surface area contributed by atoms with Crippen LogP contribution < -0.4 is 15.0 Å². The maximum atomic E-state index is 13.1. The number of hydrogen-bond acceptors (Lipinski definition) is 5. The Kier molecular flexibility index (Phi) is 5.85. The van der Waals surface area contributed by atoms with E-state index in [2.05, 4.69) is 9.71 Å². The molecule has 1 aromatic heterocycles. The molecule has 0 saturated heterocycles. The van der Waals surface area contributed by atoms with E-state index in [1.54, 1.807) is 37.3 Å². The van der Waals surface area contributed by atoms with Gasteiger partial charge in [-0.05, 0) is 49.4 Å². The standard InChI is InChI=1S/C22H17Cl2N3O4S/c1-13-25-18-6-4-3-5-16(18)22(28)27(13)15-8-10-19(20(12-15)31-2)26-32(29,30)21-11-14(23)7-9-17(21)24/h3-12,26H,1-2H3. The summed E-state index contributed by atoms with van der Waals surface area (Å²) < 4.78 is 35.0. The number of benzene rings is 3. The van der Waals surface area contributed by atoms with Gasteiger partial charge in [0.05, 0.1) is 34.4 Å². The van der Waals surface area contributed by atoms with Crippen LogP contribution in [0.25, 0.3) is 16.6 Å². The molecule has 0 radical (unpaired) electrons. The van der Waals surface area contributed by atoms with Crippen LogP contribution in [0, 0.1) is 6.92 Å². The zero-order chi connectivity index (χ0) is 23.0. The molecular formula is C22H17Cl2N3O4S. The molecule has 10 heteroatoms. The summed E-state index contributed by atoms with van der Waals surface area (Å²) in [6.07, 6.45) is 0. The van der Waals surface area contributed by atoms with E-state index in [0.29, 0.717) is 22.4 Å². The summed E-state index contributed by atoms with van der Waals surface area (Å²) in [6, 6.07) is 15.9. The lowest BCUT2D eigenvalue weighted by atomic mass is 10.2. The molecule has 0 unspecified atom stereocenters. The number of hydrogen-bond donors (Lipinski definition) is 1. The lowest BCUT2D eigenvalue weighted by molar-refractivity contribution is 0.416. The number of anilines is 1. The molecule has 3 aromatic carbocycles. The van der Waals surface area contributed by atoms with E-state index < -0.39 is 10.0 Å². The minimum Gasteiger partial charge on any atom is -0.494 e. The molecule has 0 aliphatic heterocycles. The summed E-state index contributed by atoms with van der Waals surface area (Å²) >= 11 is 12.0. The third-order valence-electron chi connectivity index (χ3n) is 4.81. The van der Waals surface area contributed by atoms with Crippen LogP contribution >= 0.6 is 23.2 Å². The van der Waals surface area contributed by atoms with E-state index >= 15 is 0 Å². The number of ether oxygens (including phenoxy) is 1. The molecule has 4 rings (SSSR count). The average Bonchev–Trinajstić information content (AvgIpc) is 2.76. The lowest BCUT2D eigenvalue weighted by Gasteiger charge is -2.16. The quantitative estimate of drug-likeness (QED) is 0.434. The molecule has 0 spiro atoms. The van der Waals surface area contributed by atoms with E-state index in [-0.39, 0.29) is 31.9 Å². The summed E-state index contributed by atoms with van der Waals surface area (Å²) in [5.74, 6) is 0.693. The normalized spacial score (nSPS) is 11.5. The Labute approximate surface area is 194 Å². The zero-order valence-electron chi connectivity index (χ0n) is 17.0. The minimum absolute atomic E-state index is 0.0295. The van der Waals surface area contributed by atoms with Crippen molar-refractivity contribution in [2.24, 2.45) is 0 Å². The number of nitrogens with zero attached hydrogens (tertiary/aromatic N) is 2. The highest BCUT2D eigenvalue weighted by atomic mass is 35.5. The molecule has 164 valence electrons. The molecule has 0 aliphatic rings. The smallest absolute Gasteiger partial charge is 0.265 e. The first-order valence-electron chi connectivity index (χ1n) is 9.36. The molecule has 0 fully saturated rings. The predicted molar refractivity (Wildman–Crippen MR) is 126 cm³/mol. The van der Waals surface area contributed by atoms with Gasteiger partial charge in [0.2, 0.25) is 0 Å². The Morgan fingerprint density at radius 3 is 2.53 bits per heavy atom. The fourth-order valence-corrected chi connectivity index (χ4v) is 5.17. The van der Waals surface area contributed by atoms with Crippen LogP contribution in [0.3, 0.4) is 0 Å². The molecular weight excluding hydrogens is 473 g/mol. The second-order valence-corrected chi connectivity index (χ2v) is 9.38. The number of methoxy groups -OCH3 is 1. The monoisotopic (exact) mass is 489 g/mol. The Hall–Kier alpha value is -3.07. The van der Waals surface area contributed by atoms with E-state index in [1.807, 2.05) is 6.07 Å². The first-order valence-corrected chi connectivity index (χ1v) is 11.6. The van der Waals surface area contributed by atoms with Crippen LogP contribution in [0.15, 0.2) is 70.4 Å². The number of rotatable bonds is 5. The van der Waals surface area contributed by atoms with Crippen molar-refractivity contribution in [2.75, 3.05) is 11.8 Å². The van der Waals surface area contributed by atoms with Crippen molar-refractivity contribution in [1.29, 1.82) is 0 Å². The summed E-state index contributed by atoms with van der Waals surface area (Å²) in [6.45, 7) is 1.72. The second kappa shape index (κ2) is 8.46. The molecule has 1 N–H and O–H groups in total. The maximum Gasteiger partial charge on any atom is 0.265 e. The Morgan fingerprint density at radius 1 is 1.03 bits per heavy atom. The third-order valence-corrected chi connectivity index (χ3v) is 6.90. The first kappa shape index (κ1) is 22.1. The average molecular weight is 490 g/mol. The SMILES string of the molecule is COc1cc(-n2c(C)nc3ccccc3c2=O)ccc1NS(=O)(=O)c1cc(Cl)ccc1Cl. The van der Waals surface area contributed by atoms with Gasteiger partial charge in [0.25, 0.3) is 15.6 Å². The second-order valence-electron chi connectivity index (χ2n) is 6.88. The van der Waals surface area contributed by atoms with Gasteiger partial charge in [0, 0.05) is 11.1 Å². The van der Waals surface area contributed by atoms with E-state index in [4.69, 9.17) is 27.9 Å². The van der Waals surface area contributed by atoms with Crippen molar-refractivity contribution in [1.82, 2.24) is 9.55 Å². The number of halogens is 2. The fraction of sp³-hybridized carbons (Fsp3) is 0.0909. The highest BCUT2D eigenvalue weighted by Gasteiger charge is 2.21. The van der Waals surface area contributed by atoms with Gasteiger partial charge in [-0.1, -0.05) is 35.3 Å². The number of para-hydroxylation sites is 1. The minimum atomic E-state index is -4.05. The highest BCUT2D eigenvalue weighted by molar-refractivity contribution is 7.92. The van der Waals surface area contributed by atoms with Gasteiger partial charge in [-0.25, -0.2) is 13.4 Å². The van der Waals surface area contributed by atoms with Crippen LogP contribution in [0.1, 0.15) is 5.82 Å². The van der Waals surface area contributed by atoms with E-state index in [9.17, 15) is 13.2 Å². The Balaban J connectivity index is 1.79. The zero-order valence-corrected chi connectivity index (χ0v) is 19.3. The highest BCUT2D eigenvalue weighted by Crippen LogP contribution is 2.32. The summed E-state index contributed by atoms with van der Waals surface area (Å²) in [5.41, 5.74) is 1.01. The van der Waals surface area contributed by atoms with Gasteiger partial charge >= 0.3 is 0 Å². The van der Waals surface area contributed by atoms with Gasteiger partial charge in [-0.2, -0.15) is 0 Å². The Bertz CT molecular complexity index is 1520. The van der Waals surface area contributed by atoms with Crippen molar-refractivity contribution in [2.45, 2.75) is 11.8 Å². The summed E-state index contributed by atoms with van der Waals surface area (Å²) in [4.78, 5) is 17.4. The summed E-state index contributed by atoms with van der Waals surface area (Å²) in [5, 5.41) is 0.732. The van der Waals surface area contributed by atoms with E-state index in [0.717, 1.165) is 0 Å². The van der Waals surface area contributed by atoms with Crippen molar-refractivity contribution in [3.8, 4) is 11.4 Å². The van der Waals surface area contributed by atoms with Crippen molar-refractivity contribution >= 4 is 49.8 Å². The van der Waals surface area contributed by atoms with Crippen LogP contribution in [-0.4, -0.2) is 25.1 Å². The molecule has 1 heterocycles. The van der Waals surface area contributed by atoms with E-state index in [1.165, 1.54) is 35.9 Å². The number of sulfonamides is 1. The van der Waals surface area contributed by atoms with Gasteiger partial charge in [0.15, 0.2) is 0 Å². The van der Waals surface area contributed by atoms with Crippen LogP contribution in [0.4, 0.5) is 5.69 Å². The Morgan fingerprint density at radius 2 is 1.78 bits per heavy atom. The molecule has 32 heavy (non-hydrogen) atoms. The lowest BCUT2D eigenvalue weighted by Crippen LogP contribution is -2.22. The van der Waals surface area contributed by atoms with Crippen LogP contribution in [-0.2, 0) is 10.0 Å². The number of aryl methyl sites for hydroxylation is 1. The molecule has 4 aromatic rings. The fourth-order valence-electron chi connectivity index (χ4n) is 3.33. The largest absolute Gasteiger partial charge is 0.494 e. The van der Waals surface area contributed by atoms with Gasteiger partial charge < -0.3 is 4.74 Å². The van der Waals surface area contributed by atoms with Gasteiger partial charge in [0.1, 0.15) is 16.5 Å². The maximum absolute atomic E-state index is 13.1. The van der Waals surface area contributed by atoms with Gasteiger partial charge in [-0.3, -0.25) is 14.1 Å². The van der Waals surface area contributed by atoms with Crippen molar-refractivity contribution in [3.63, 3.8) is 0 Å². The molecule has 0 aliphatic carbocycles. The first-order chi connectivity index (χ1) is 15.2. The number of aromatic nitrogens is 2. The predicted octanol–water partition coefficient (Wildman–Crippen LogP) is 4.81. The topological polar surface area (TPSA) is 90.3 Å². The molecule has 0 bridgehead atoms. The molecule has 0 atom stereocenters. The van der Waals surface area contributed by atoms with Crippen LogP contribution in [0.2, 0.25) is 10.0 Å². The van der Waals surface area contributed by atoms with Crippen molar-refractivity contribution < 1.29 is 13.2 Å². The number of fused-ring (bicyclic) bond motifs is 1. The number of nitrogens with one attached hydrogen (secondary N) is 1. The summed E-state index contributed by atoms with van der Waals surface area (Å²) in [7, 11) is -2.65.